The molecule has 0 aliphatic carbocycles. The van der Waals surface area contributed by atoms with Crippen molar-refractivity contribution in [3.63, 3.8) is 0 Å². The van der Waals surface area contributed by atoms with Gasteiger partial charge in [0.05, 0.1) is 0 Å². The summed E-state index contributed by atoms with van der Waals surface area (Å²) in [4.78, 5) is 58.2. The molecule has 0 spiro atoms. The minimum atomic E-state index is -1.50. The third-order valence-corrected chi connectivity index (χ3v) is 2.42. The maximum atomic E-state index is 12.0. The smallest absolute Gasteiger partial charge is 0.339 e. The van der Waals surface area contributed by atoms with Gasteiger partial charge in [-0.2, -0.15) is 0 Å². The Morgan fingerprint density at radius 3 is 1.30 bits per heavy atom. The van der Waals surface area contributed by atoms with Crippen LogP contribution >= 0.6 is 0 Å². The number of rotatable bonds is 2. The summed E-state index contributed by atoms with van der Waals surface area (Å²) in [6.45, 7) is 4.24. The van der Waals surface area contributed by atoms with Crippen molar-refractivity contribution < 1.29 is 33.4 Å². The van der Waals surface area contributed by atoms with Crippen molar-refractivity contribution in [2.24, 2.45) is 0 Å². The molecule has 0 aromatic rings. The molecule has 9 nitrogen and oxygen atoms in total. The number of carbonyl (C=O) groups is 5. The Labute approximate surface area is 114 Å². The average Bonchev–Trinajstić information content (AvgIpc) is 2.49. The van der Waals surface area contributed by atoms with E-state index in [1.165, 1.54) is 0 Å². The van der Waals surface area contributed by atoms with Gasteiger partial charge >= 0.3 is 18.0 Å². The summed E-state index contributed by atoms with van der Waals surface area (Å²) in [7, 11) is 0. The second-order valence-corrected chi connectivity index (χ2v) is 4.06. The zero-order valence-electron chi connectivity index (χ0n) is 11.4. The molecule has 0 bridgehead atoms. The van der Waals surface area contributed by atoms with Gasteiger partial charge in [0, 0.05) is 27.7 Å². The van der Waals surface area contributed by atoms with E-state index in [1.54, 1.807) is 0 Å². The second kappa shape index (κ2) is 5.68. The number of urea groups is 1. The van der Waals surface area contributed by atoms with Crippen molar-refractivity contribution in [3.8, 4) is 0 Å². The van der Waals surface area contributed by atoms with Gasteiger partial charge in [0.1, 0.15) is 0 Å². The summed E-state index contributed by atoms with van der Waals surface area (Å²) in [6.07, 6.45) is -2.99. The molecule has 1 heterocycles. The highest BCUT2D eigenvalue weighted by molar-refractivity contribution is 6.03. The lowest BCUT2D eigenvalue weighted by Crippen LogP contribution is -2.45. The number of amides is 4. The van der Waals surface area contributed by atoms with E-state index in [1.807, 2.05) is 0 Å². The molecule has 1 fully saturated rings. The first kappa shape index (κ1) is 15.6. The zero-order chi connectivity index (χ0) is 15.6. The van der Waals surface area contributed by atoms with Gasteiger partial charge in [0.2, 0.25) is 24.3 Å². The summed E-state index contributed by atoms with van der Waals surface area (Å²) >= 11 is 0. The van der Waals surface area contributed by atoms with Crippen molar-refractivity contribution in [3.05, 3.63) is 0 Å². The number of hydrogen-bond donors (Lipinski definition) is 0. The number of carbonyl (C=O) groups excluding carboxylic acids is 5. The molecule has 0 aromatic heterocycles. The molecular formula is C11H14N2O7. The third kappa shape index (κ3) is 2.92. The molecule has 1 aliphatic rings. The summed E-state index contributed by atoms with van der Waals surface area (Å²) in [5.74, 6) is -3.09. The number of hydrogen-bond acceptors (Lipinski definition) is 7. The van der Waals surface area contributed by atoms with Crippen LogP contribution in [0.5, 0.6) is 0 Å². The number of esters is 2. The lowest BCUT2D eigenvalue weighted by atomic mass is 10.4. The van der Waals surface area contributed by atoms with Gasteiger partial charge in [-0.1, -0.05) is 0 Å². The minimum Gasteiger partial charge on any atom is -0.435 e. The highest BCUT2D eigenvalue weighted by Gasteiger charge is 2.53. The van der Waals surface area contributed by atoms with Gasteiger partial charge in [0.25, 0.3) is 0 Å². The van der Waals surface area contributed by atoms with Crippen molar-refractivity contribution in [2.75, 3.05) is 0 Å². The third-order valence-electron chi connectivity index (χ3n) is 2.42. The standard InChI is InChI=1S/C11H14N2O7/c1-5(14)12-9(19-7(3)16)10(20-8(4)17)13(6(2)15)11(12)18/h9-10H,1-4H3/t9-,10+. The molecule has 0 aromatic carbocycles. The fraction of sp³-hybridized carbons (Fsp3) is 0.545. The maximum Gasteiger partial charge on any atom is 0.339 e. The Balaban J connectivity index is 3.24. The van der Waals surface area contributed by atoms with Crippen molar-refractivity contribution in [1.29, 1.82) is 0 Å². The first-order valence-electron chi connectivity index (χ1n) is 5.64. The molecule has 4 amide bonds. The predicted octanol–water partition coefficient (Wildman–Crippen LogP) is -0.405. The first-order chi connectivity index (χ1) is 9.16. The average molecular weight is 286 g/mol. The molecule has 20 heavy (non-hydrogen) atoms. The van der Waals surface area contributed by atoms with E-state index >= 15 is 0 Å². The molecule has 9 heteroatoms. The highest BCUT2D eigenvalue weighted by atomic mass is 16.6. The Morgan fingerprint density at radius 2 is 1.10 bits per heavy atom. The fourth-order valence-electron chi connectivity index (χ4n) is 1.78. The quantitative estimate of drug-likeness (QED) is 0.635. The van der Waals surface area contributed by atoms with Gasteiger partial charge in [-0.05, 0) is 0 Å². The molecule has 0 radical (unpaired) electrons. The van der Waals surface area contributed by atoms with E-state index in [0.717, 1.165) is 27.7 Å². The Kier molecular flexibility index (Phi) is 4.43. The number of ether oxygens (including phenoxy) is 2. The van der Waals surface area contributed by atoms with Crippen LogP contribution in [0, 0.1) is 0 Å². The van der Waals surface area contributed by atoms with E-state index in [0.29, 0.717) is 9.80 Å². The Hall–Kier alpha value is -2.45. The summed E-state index contributed by atoms with van der Waals surface area (Å²) in [5.41, 5.74) is 0. The van der Waals surface area contributed by atoms with Gasteiger partial charge < -0.3 is 9.47 Å². The SMILES string of the molecule is CC(=O)O[C@@H]1[C@H](OC(C)=O)N(C(C)=O)C(=O)N1C(C)=O. The normalized spacial score (nSPS) is 21.7. The van der Waals surface area contributed by atoms with Crippen LogP contribution in [0.15, 0.2) is 0 Å². The zero-order valence-corrected chi connectivity index (χ0v) is 11.4. The second-order valence-electron chi connectivity index (χ2n) is 4.06. The first-order valence-corrected chi connectivity index (χ1v) is 5.64. The van der Waals surface area contributed by atoms with Crippen molar-refractivity contribution >= 4 is 29.8 Å². The summed E-state index contributed by atoms with van der Waals surface area (Å²) in [5, 5.41) is 0. The molecule has 1 saturated heterocycles. The maximum absolute atomic E-state index is 12.0. The van der Waals surface area contributed by atoms with Crippen LogP contribution in [-0.2, 0) is 28.7 Å². The monoisotopic (exact) mass is 286 g/mol. The Bertz CT molecular complexity index is 445. The van der Waals surface area contributed by atoms with Crippen LogP contribution in [0.25, 0.3) is 0 Å². The van der Waals surface area contributed by atoms with E-state index in [2.05, 4.69) is 0 Å². The molecule has 110 valence electrons. The molecule has 0 saturated carbocycles. The summed E-state index contributed by atoms with van der Waals surface area (Å²) < 4.78 is 9.65. The lowest BCUT2D eigenvalue weighted by Gasteiger charge is -2.24. The Morgan fingerprint density at radius 1 is 0.800 bits per heavy atom. The van der Waals surface area contributed by atoms with Crippen LogP contribution < -0.4 is 0 Å². The van der Waals surface area contributed by atoms with Gasteiger partial charge in [-0.3, -0.25) is 19.2 Å². The highest BCUT2D eigenvalue weighted by Crippen LogP contribution is 2.26. The van der Waals surface area contributed by atoms with Gasteiger partial charge in [-0.25, -0.2) is 14.6 Å². The predicted molar refractivity (Wildman–Crippen MR) is 61.5 cm³/mol. The fourth-order valence-corrected chi connectivity index (χ4v) is 1.78. The van der Waals surface area contributed by atoms with E-state index in [-0.39, 0.29) is 0 Å². The van der Waals surface area contributed by atoms with Crippen LogP contribution in [0.2, 0.25) is 0 Å². The van der Waals surface area contributed by atoms with Crippen molar-refractivity contribution in [1.82, 2.24) is 9.80 Å². The lowest BCUT2D eigenvalue weighted by molar-refractivity contribution is -0.183. The minimum absolute atomic E-state index is 0.552. The number of imide groups is 2. The largest absolute Gasteiger partial charge is 0.435 e. The number of nitrogens with zero attached hydrogens (tertiary/aromatic N) is 2. The molecule has 0 N–H and O–H groups in total. The van der Waals surface area contributed by atoms with Crippen LogP contribution in [0.3, 0.4) is 0 Å². The topological polar surface area (TPSA) is 110 Å². The van der Waals surface area contributed by atoms with E-state index in [9.17, 15) is 24.0 Å². The van der Waals surface area contributed by atoms with Gasteiger partial charge in [0.15, 0.2) is 0 Å². The molecule has 2 atom stereocenters. The molecule has 1 aliphatic heterocycles. The molecule has 0 unspecified atom stereocenters. The van der Waals surface area contributed by atoms with Crippen LogP contribution in [0.4, 0.5) is 4.79 Å². The van der Waals surface area contributed by atoms with Gasteiger partial charge in [-0.15, -0.1) is 0 Å². The van der Waals surface area contributed by atoms with E-state index < -0.39 is 42.2 Å². The molecular weight excluding hydrogens is 272 g/mol. The van der Waals surface area contributed by atoms with Crippen molar-refractivity contribution in [2.45, 2.75) is 40.2 Å². The van der Waals surface area contributed by atoms with Crippen LogP contribution in [0.1, 0.15) is 27.7 Å². The van der Waals surface area contributed by atoms with E-state index in [4.69, 9.17) is 9.47 Å². The summed E-state index contributed by atoms with van der Waals surface area (Å²) in [6, 6.07) is -1.01. The van der Waals surface area contributed by atoms with Crippen LogP contribution in [-0.4, -0.2) is 52.0 Å². The molecule has 1 rings (SSSR count).